The Kier molecular flexibility index (Phi) is 6.69. The third-order valence-electron chi connectivity index (χ3n) is 6.94. The zero-order chi connectivity index (χ0) is 25.2. The average Bonchev–Trinajstić information content (AvgIpc) is 3.22. The molecule has 1 N–H and O–H groups in total. The summed E-state index contributed by atoms with van der Waals surface area (Å²) < 4.78 is 7.03. The van der Waals surface area contributed by atoms with Gasteiger partial charge < -0.3 is 14.6 Å². The summed E-state index contributed by atoms with van der Waals surface area (Å²) in [4.78, 5) is 39.7. The SMILES string of the molecule is CC(C)c1ccccc1-c1ncc2[nH]c(=O)n(Cc3ccc(C(=O)N(C)C4CCOCC4)cc3)c2n1. The first-order valence-corrected chi connectivity index (χ1v) is 12.4. The Labute approximate surface area is 210 Å². The fourth-order valence-corrected chi connectivity index (χ4v) is 4.80. The Morgan fingerprint density at radius 1 is 1.14 bits per heavy atom. The first kappa shape index (κ1) is 23.9. The molecule has 1 amide bonds. The molecule has 0 unspecified atom stereocenters. The molecule has 1 aliphatic heterocycles. The summed E-state index contributed by atoms with van der Waals surface area (Å²) >= 11 is 0. The number of rotatable bonds is 6. The molecular formula is C28H31N5O3. The third kappa shape index (κ3) is 4.68. The molecule has 5 rings (SSSR count). The molecular weight excluding hydrogens is 454 g/mol. The summed E-state index contributed by atoms with van der Waals surface area (Å²) in [7, 11) is 1.85. The number of carbonyl (C=O) groups excluding carboxylic acids is 1. The van der Waals surface area contributed by atoms with Crippen molar-refractivity contribution in [1.29, 1.82) is 0 Å². The van der Waals surface area contributed by atoms with Crippen LogP contribution in [0, 0.1) is 0 Å². The van der Waals surface area contributed by atoms with Crippen molar-refractivity contribution in [3.63, 3.8) is 0 Å². The van der Waals surface area contributed by atoms with E-state index in [1.165, 1.54) is 0 Å². The molecule has 0 radical (unpaired) electrons. The number of aromatic nitrogens is 4. The van der Waals surface area contributed by atoms with E-state index in [0.29, 0.717) is 48.2 Å². The van der Waals surface area contributed by atoms with E-state index in [-0.39, 0.29) is 17.6 Å². The smallest absolute Gasteiger partial charge is 0.328 e. The topological polar surface area (TPSA) is 93.1 Å². The summed E-state index contributed by atoms with van der Waals surface area (Å²) in [6, 6.07) is 15.7. The van der Waals surface area contributed by atoms with E-state index in [0.717, 1.165) is 29.5 Å². The van der Waals surface area contributed by atoms with E-state index in [4.69, 9.17) is 9.72 Å². The van der Waals surface area contributed by atoms with Crippen molar-refractivity contribution in [3.05, 3.63) is 81.9 Å². The lowest BCUT2D eigenvalue weighted by molar-refractivity contribution is 0.0362. The molecule has 0 spiro atoms. The zero-order valence-corrected chi connectivity index (χ0v) is 20.9. The van der Waals surface area contributed by atoms with Crippen LogP contribution in [0.15, 0.2) is 59.5 Å². The van der Waals surface area contributed by atoms with Crippen LogP contribution in [0.2, 0.25) is 0 Å². The Bertz CT molecular complexity index is 1430. The van der Waals surface area contributed by atoms with Crippen molar-refractivity contribution >= 4 is 17.1 Å². The molecule has 2 aromatic heterocycles. The number of imidazole rings is 1. The molecule has 1 aliphatic rings. The van der Waals surface area contributed by atoms with Crippen LogP contribution in [-0.4, -0.2) is 56.6 Å². The van der Waals surface area contributed by atoms with Gasteiger partial charge in [0.05, 0.1) is 12.7 Å². The van der Waals surface area contributed by atoms with Crippen molar-refractivity contribution in [2.24, 2.45) is 0 Å². The highest BCUT2D eigenvalue weighted by molar-refractivity contribution is 5.94. The van der Waals surface area contributed by atoms with Gasteiger partial charge in [-0.25, -0.2) is 14.8 Å². The van der Waals surface area contributed by atoms with Gasteiger partial charge in [0.2, 0.25) is 0 Å². The van der Waals surface area contributed by atoms with Gasteiger partial charge >= 0.3 is 5.69 Å². The lowest BCUT2D eigenvalue weighted by Crippen LogP contribution is -2.40. The van der Waals surface area contributed by atoms with Crippen molar-refractivity contribution in [2.45, 2.75) is 45.2 Å². The van der Waals surface area contributed by atoms with E-state index < -0.39 is 0 Å². The standard InChI is InChI=1S/C28H31N5O3/c1-18(2)22-6-4-5-7-23(22)25-29-16-24-26(31-25)33(28(35)30-24)17-19-8-10-20(11-9-19)27(34)32(3)21-12-14-36-15-13-21/h4-11,16,18,21H,12-15,17H2,1-3H3,(H,30,35). The number of hydrogen-bond acceptors (Lipinski definition) is 5. The predicted octanol–water partition coefficient (Wildman–Crippen LogP) is 4.21. The van der Waals surface area contributed by atoms with Gasteiger partial charge in [0.25, 0.3) is 5.91 Å². The minimum atomic E-state index is -0.243. The zero-order valence-electron chi connectivity index (χ0n) is 20.9. The summed E-state index contributed by atoms with van der Waals surface area (Å²) in [6.45, 7) is 5.99. The van der Waals surface area contributed by atoms with Gasteiger partial charge in [0.15, 0.2) is 11.5 Å². The number of hydrogen-bond donors (Lipinski definition) is 1. The van der Waals surface area contributed by atoms with E-state index in [9.17, 15) is 9.59 Å². The molecule has 4 aromatic rings. The first-order valence-electron chi connectivity index (χ1n) is 12.4. The van der Waals surface area contributed by atoms with Crippen molar-refractivity contribution in [1.82, 2.24) is 24.4 Å². The molecule has 186 valence electrons. The number of H-pyrrole nitrogens is 1. The minimum absolute atomic E-state index is 0.00101. The van der Waals surface area contributed by atoms with Gasteiger partial charge in [0.1, 0.15) is 5.52 Å². The number of nitrogens with zero attached hydrogens (tertiary/aromatic N) is 4. The molecule has 36 heavy (non-hydrogen) atoms. The highest BCUT2D eigenvalue weighted by Crippen LogP contribution is 2.27. The maximum Gasteiger partial charge on any atom is 0.328 e. The Morgan fingerprint density at radius 2 is 1.86 bits per heavy atom. The highest BCUT2D eigenvalue weighted by atomic mass is 16.5. The normalized spacial score (nSPS) is 14.4. The fraction of sp³-hybridized carbons (Fsp3) is 0.357. The number of benzene rings is 2. The largest absolute Gasteiger partial charge is 0.381 e. The monoisotopic (exact) mass is 485 g/mol. The first-order chi connectivity index (χ1) is 17.4. The van der Waals surface area contributed by atoms with Crippen LogP contribution in [0.3, 0.4) is 0 Å². The molecule has 8 heteroatoms. The Balaban J connectivity index is 1.40. The second-order valence-electron chi connectivity index (χ2n) is 9.65. The number of ether oxygens (including phenoxy) is 1. The molecule has 8 nitrogen and oxygen atoms in total. The van der Waals surface area contributed by atoms with Gasteiger partial charge in [-0.15, -0.1) is 0 Å². The maximum absolute atomic E-state index is 13.0. The summed E-state index contributed by atoms with van der Waals surface area (Å²) in [6.07, 6.45) is 3.38. The Morgan fingerprint density at radius 3 is 2.58 bits per heavy atom. The maximum atomic E-state index is 13.0. The summed E-state index contributed by atoms with van der Waals surface area (Å²) in [5.41, 5.74) is 4.57. The predicted molar refractivity (Wildman–Crippen MR) is 139 cm³/mol. The second-order valence-corrected chi connectivity index (χ2v) is 9.65. The van der Waals surface area contributed by atoms with E-state index >= 15 is 0 Å². The van der Waals surface area contributed by atoms with Crippen LogP contribution in [0.4, 0.5) is 0 Å². The minimum Gasteiger partial charge on any atom is -0.381 e. The van der Waals surface area contributed by atoms with E-state index in [2.05, 4.69) is 29.9 Å². The van der Waals surface area contributed by atoms with E-state index in [1.54, 1.807) is 10.8 Å². The molecule has 3 heterocycles. The van der Waals surface area contributed by atoms with Crippen LogP contribution < -0.4 is 5.69 Å². The number of aromatic amines is 1. The van der Waals surface area contributed by atoms with Gasteiger partial charge in [-0.05, 0) is 42.0 Å². The van der Waals surface area contributed by atoms with Crippen LogP contribution in [0.5, 0.6) is 0 Å². The number of amides is 1. The molecule has 0 bridgehead atoms. The summed E-state index contributed by atoms with van der Waals surface area (Å²) in [5.74, 6) is 0.913. The van der Waals surface area contributed by atoms with Gasteiger partial charge in [0, 0.05) is 37.4 Å². The van der Waals surface area contributed by atoms with Crippen molar-refractivity contribution < 1.29 is 9.53 Å². The third-order valence-corrected chi connectivity index (χ3v) is 6.94. The molecule has 1 fully saturated rings. The molecule has 0 saturated carbocycles. The number of nitrogens with one attached hydrogen (secondary N) is 1. The van der Waals surface area contributed by atoms with Crippen molar-refractivity contribution in [3.8, 4) is 11.4 Å². The van der Waals surface area contributed by atoms with Crippen LogP contribution >= 0.6 is 0 Å². The molecule has 1 saturated heterocycles. The second kappa shape index (κ2) is 10.1. The summed E-state index contributed by atoms with van der Waals surface area (Å²) in [5, 5.41) is 0. The van der Waals surface area contributed by atoms with E-state index in [1.807, 2.05) is 54.4 Å². The number of fused-ring (bicyclic) bond motifs is 1. The Hall–Kier alpha value is -3.78. The lowest BCUT2D eigenvalue weighted by atomic mass is 9.97. The quantitative estimate of drug-likeness (QED) is 0.442. The average molecular weight is 486 g/mol. The van der Waals surface area contributed by atoms with Gasteiger partial charge in [-0.3, -0.25) is 9.36 Å². The fourth-order valence-electron chi connectivity index (χ4n) is 4.80. The molecule has 0 atom stereocenters. The van der Waals surface area contributed by atoms with Crippen molar-refractivity contribution in [2.75, 3.05) is 20.3 Å². The van der Waals surface area contributed by atoms with Gasteiger partial charge in [-0.2, -0.15) is 0 Å². The van der Waals surface area contributed by atoms with Gasteiger partial charge in [-0.1, -0.05) is 50.2 Å². The molecule has 2 aromatic carbocycles. The molecule has 0 aliphatic carbocycles. The number of carbonyl (C=O) groups is 1. The lowest BCUT2D eigenvalue weighted by Gasteiger charge is -2.31. The highest BCUT2D eigenvalue weighted by Gasteiger charge is 2.23. The van der Waals surface area contributed by atoms with Crippen LogP contribution in [0.25, 0.3) is 22.6 Å². The van der Waals surface area contributed by atoms with Crippen LogP contribution in [-0.2, 0) is 11.3 Å². The van der Waals surface area contributed by atoms with Crippen LogP contribution in [0.1, 0.15) is 54.1 Å².